The van der Waals surface area contributed by atoms with Crippen LogP contribution in [0.3, 0.4) is 0 Å². The molecule has 4 heteroatoms. The van der Waals surface area contributed by atoms with Crippen molar-refractivity contribution in [2.24, 2.45) is 0 Å². The number of hydrogen-bond acceptors (Lipinski definition) is 4. The van der Waals surface area contributed by atoms with Crippen LogP contribution in [0.5, 0.6) is 5.75 Å². The summed E-state index contributed by atoms with van der Waals surface area (Å²) >= 11 is 0. The number of esters is 2. The van der Waals surface area contributed by atoms with E-state index in [-0.39, 0.29) is 5.97 Å². The highest BCUT2D eigenvalue weighted by molar-refractivity contribution is 5.89. The Hall–Kier alpha value is -3.14. The first-order valence-corrected chi connectivity index (χ1v) is 9.80. The predicted molar refractivity (Wildman–Crippen MR) is 114 cm³/mol. The van der Waals surface area contributed by atoms with Crippen LogP contribution in [0.4, 0.5) is 0 Å². The second-order valence-electron chi connectivity index (χ2n) is 7.50. The van der Waals surface area contributed by atoms with Crippen LogP contribution in [0, 0.1) is 0 Å². The van der Waals surface area contributed by atoms with Gasteiger partial charge in [0.05, 0.1) is 6.61 Å². The van der Waals surface area contributed by atoms with Crippen molar-refractivity contribution in [2.45, 2.75) is 39.5 Å². The lowest BCUT2D eigenvalue weighted by atomic mass is 9.84. The number of ether oxygens (including phenoxy) is 2. The van der Waals surface area contributed by atoms with E-state index < -0.39 is 5.97 Å². The summed E-state index contributed by atoms with van der Waals surface area (Å²) in [6, 6.07) is 12.3. The third-order valence-electron chi connectivity index (χ3n) is 4.95. The molecule has 29 heavy (non-hydrogen) atoms. The van der Waals surface area contributed by atoms with E-state index in [1.165, 1.54) is 27.8 Å². The molecule has 0 unspecified atom stereocenters. The fourth-order valence-electron chi connectivity index (χ4n) is 3.40. The highest BCUT2D eigenvalue weighted by Gasteiger charge is 2.18. The van der Waals surface area contributed by atoms with Crippen LogP contribution in [0.2, 0.25) is 0 Å². The van der Waals surface area contributed by atoms with Gasteiger partial charge >= 0.3 is 11.9 Å². The Morgan fingerprint density at radius 1 is 0.897 bits per heavy atom. The summed E-state index contributed by atoms with van der Waals surface area (Å²) < 4.78 is 10.5. The Kier molecular flexibility index (Phi) is 6.32. The quantitative estimate of drug-likeness (QED) is 0.289. The first kappa shape index (κ1) is 20.6. The first-order valence-electron chi connectivity index (χ1n) is 9.80. The van der Waals surface area contributed by atoms with E-state index in [0.717, 1.165) is 25.7 Å². The molecule has 0 heterocycles. The fraction of sp³-hybridized carbons (Fsp3) is 0.280. The maximum atomic E-state index is 11.7. The maximum Gasteiger partial charge on any atom is 0.338 e. The van der Waals surface area contributed by atoms with Gasteiger partial charge in [-0.1, -0.05) is 37.4 Å². The molecule has 0 bridgehead atoms. The zero-order valence-electron chi connectivity index (χ0n) is 17.0. The van der Waals surface area contributed by atoms with E-state index in [1.54, 1.807) is 13.8 Å². The number of rotatable bonds is 7. The number of carbonyl (C=O) groups is 2. The number of benzene rings is 2. The van der Waals surface area contributed by atoms with Gasteiger partial charge in [0, 0.05) is 11.1 Å². The van der Waals surface area contributed by atoms with Gasteiger partial charge in [0.25, 0.3) is 0 Å². The maximum absolute atomic E-state index is 11.7. The van der Waals surface area contributed by atoms with Crippen LogP contribution in [0.1, 0.15) is 37.0 Å². The molecule has 1 aliphatic carbocycles. The smallest absolute Gasteiger partial charge is 0.338 e. The molecule has 3 rings (SSSR count). The minimum Gasteiger partial charge on any atom is -0.462 e. The van der Waals surface area contributed by atoms with Crippen molar-refractivity contribution in [3.05, 3.63) is 77.4 Å². The van der Waals surface area contributed by atoms with Crippen molar-refractivity contribution in [2.75, 3.05) is 6.61 Å². The average molecular weight is 390 g/mol. The average Bonchev–Trinajstić information content (AvgIpc) is 2.70. The predicted octanol–water partition coefficient (Wildman–Crippen LogP) is 4.99. The van der Waals surface area contributed by atoms with Crippen molar-refractivity contribution >= 4 is 11.9 Å². The van der Waals surface area contributed by atoms with Gasteiger partial charge in [-0.05, 0) is 79.5 Å². The number of hydrogen-bond donors (Lipinski definition) is 0. The Bertz CT molecular complexity index is 984. The molecule has 150 valence electrons. The molecule has 0 atom stereocenters. The number of aryl methyl sites for hydroxylation is 3. The van der Waals surface area contributed by atoms with Crippen molar-refractivity contribution in [3.63, 3.8) is 0 Å². The molecule has 4 nitrogen and oxygen atoms in total. The van der Waals surface area contributed by atoms with E-state index in [2.05, 4.69) is 31.4 Å². The molecule has 2 aromatic rings. The Morgan fingerprint density at radius 2 is 1.52 bits per heavy atom. The van der Waals surface area contributed by atoms with E-state index in [1.807, 2.05) is 18.2 Å². The van der Waals surface area contributed by atoms with Gasteiger partial charge in [0.1, 0.15) is 5.75 Å². The standard InChI is InChI=1S/C25H26O4/c1-16(2)24(26)28-13-5-6-18-7-11-22-19(14-18)8-9-20-15-21(10-12-23(20)22)29-25(27)17(3)4/h7,10-12,14-15H,1,3,5-6,8-9,13H2,2,4H3. The van der Waals surface area contributed by atoms with Gasteiger partial charge in [-0.15, -0.1) is 0 Å². The lowest BCUT2D eigenvalue weighted by Crippen LogP contribution is -2.10. The highest BCUT2D eigenvalue weighted by Crippen LogP contribution is 2.36. The molecule has 0 amide bonds. The molecule has 0 saturated heterocycles. The van der Waals surface area contributed by atoms with Crippen LogP contribution < -0.4 is 4.74 Å². The van der Waals surface area contributed by atoms with Gasteiger partial charge in [-0.3, -0.25) is 0 Å². The van der Waals surface area contributed by atoms with Crippen molar-refractivity contribution in [1.29, 1.82) is 0 Å². The van der Waals surface area contributed by atoms with E-state index in [4.69, 9.17) is 9.47 Å². The molecule has 0 N–H and O–H groups in total. The molecule has 0 aliphatic heterocycles. The van der Waals surface area contributed by atoms with Gasteiger partial charge in [0.15, 0.2) is 0 Å². The van der Waals surface area contributed by atoms with Crippen molar-refractivity contribution in [3.8, 4) is 16.9 Å². The molecule has 2 aromatic carbocycles. The lowest BCUT2D eigenvalue weighted by Gasteiger charge is -2.21. The molecular formula is C25H26O4. The van der Waals surface area contributed by atoms with E-state index >= 15 is 0 Å². The zero-order valence-corrected chi connectivity index (χ0v) is 17.0. The fourth-order valence-corrected chi connectivity index (χ4v) is 3.40. The second-order valence-corrected chi connectivity index (χ2v) is 7.50. The minimum absolute atomic E-state index is 0.333. The molecular weight excluding hydrogens is 364 g/mol. The van der Waals surface area contributed by atoms with Crippen LogP contribution in [-0.4, -0.2) is 18.5 Å². The molecule has 1 aliphatic rings. The van der Waals surface area contributed by atoms with Crippen LogP contribution in [0.15, 0.2) is 60.7 Å². The summed E-state index contributed by atoms with van der Waals surface area (Å²) in [4.78, 5) is 23.2. The largest absolute Gasteiger partial charge is 0.462 e. The monoisotopic (exact) mass is 390 g/mol. The summed E-state index contributed by atoms with van der Waals surface area (Å²) in [6.07, 6.45) is 3.49. The normalized spacial score (nSPS) is 11.8. The summed E-state index contributed by atoms with van der Waals surface area (Å²) in [5.41, 5.74) is 6.96. The Labute approximate surface area is 171 Å². The summed E-state index contributed by atoms with van der Waals surface area (Å²) in [6.45, 7) is 10.9. The van der Waals surface area contributed by atoms with Crippen LogP contribution in [0.25, 0.3) is 11.1 Å². The lowest BCUT2D eigenvalue weighted by molar-refractivity contribution is -0.139. The third-order valence-corrected chi connectivity index (χ3v) is 4.95. The number of fused-ring (bicyclic) bond motifs is 3. The van der Waals surface area contributed by atoms with Gasteiger partial charge in [0.2, 0.25) is 0 Å². The Balaban J connectivity index is 1.67. The number of carbonyl (C=O) groups excluding carboxylic acids is 2. The van der Waals surface area contributed by atoms with Crippen molar-refractivity contribution in [1.82, 2.24) is 0 Å². The van der Waals surface area contributed by atoms with E-state index in [0.29, 0.717) is 23.5 Å². The SMILES string of the molecule is C=C(C)C(=O)OCCCc1ccc2c(c1)CCc1cc(OC(=O)C(=C)C)ccc1-2. The summed E-state index contributed by atoms with van der Waals surface area (Å²) in [7, 11) is 0. The van der Waals surface area contributed by atoms with Crippen LogP contribution in [-0.2, 0) is 33.6 Å². The summed E-state index contributed by atoms with van der Waals surface area (Å²) in [5, 5.41) is 0. The molecule has 0 fully saturated rings. The van der Waals surface area contributed by atoms with Gasteiger partial charge in [-0.25, -0.2) is 9.59 Å². The molecule has 0 spiro atoms. The molecule has 0 saturated carbocycles. The molecule has 0 radical (unpaired) electrons. The topological polar surface area (TPSA) is 52.6 Å². The van der Waals surface area contributed by atoms with Crippen molar-refractivity contribution < 1.29 is 19.1 Å². The zero-order chi connectivity index (χ0) is 21.0. The minimum atomic E-state index is -0.403. The van der Waals surface area contributed by atoms with Gasteiger partial charge in [-0.2, -0.15) is 0 Å². The third kappa shape index (κ3) is 5.02. The van der Waals surface area contributed by atoms with Crippen LogP contribution >= 0.6 is 0 Å². The van der Waals surface area contributed by atoms with Gasteiger partial charge < -0.3 is 9.47 Å². The molecule has 0 aromatic heterocycles. The second kappa shape index (κ2) is 8.91. The highest BCUT2D eigenvalue weighted by atomic mass is 16.5. The Morgan fingerprint density at radius 3 is 2.17 bits per heavy atom. The van der Waals surface area contributed by atoms with E-state index in [9.17, 15) is 9.59 Å². The first-order chi connectivity index (χ1) is 13.8. The summed E-state index contributed by atoms with van der Waals surface area (Å²) in [5.74, 6) is -0.179.